The molecule has 2 aromatic heterocycles. The van der Waals surface area contributed by atoms with Crippen molar-refractivity contribution in [3.05, 3.63) is 54.4 Å². The zero-order valence-electron chi connectivity index (χ0n) is 15.0. The highest BCUT2D eigenvalue weighted by molar-refractivity contribution is 5.94. The fourth-order valence-electron chi connectivity index (χ4n) is 2.55. The summed E-state index contributed by atoms with van der Waals surface area (Å²) >= 11 is 0. The third kappa shape index (κ3) is 4.85. The fraction of sp³-hybridized carbons (Fsp3) is 0.278. The van der Waals surface area contributed by atoms with Crippen molar-refractivity contribution >= 4 is 11.7 Å². The molecule has 0 aliphatic rings. The van der Waals surface area contributed by atoms with E-state index >= 15 is 0 Å². The number of amides is 1. The molecule has 0 radical (unpaired) electrons. The molecular weight excluding hydrogens is 346 g/mol. The van der Waals surface area contributed by atoms with Gasteiger partial charge in [-0.05, 0) is 12.1 Å². The zero-order valence-corrected chi connectivity index (χ0v) is 15.0. The molecule has 3 rings (SSSR count). The lowest BCUT2D eigenvalue weighted by Gasteiger charge is -2.08. The zero-order chi connectivity index (χ0) is 19.1. The van der Waals surface area contributed by atoms with E-state index < -0.39 is 0 Å². The van der Waals surface area contributed by atoms with E-state index in [0.29, 0.717) is 43.2 Å². The summed E-state index contributed by atoms with van der Waals surface area (Å²) in [6, 6.07) is 7.13. The second-order valence-corrected chi connectivity index (χ2v) is 5.85. The molecule has 0 aliphatic carbocycles. The number of nitrogens with two attached hydrogens (primary N) is 1. The third-order valence-corrected chi connectivity index (χ3v) is 3.96. The van der Waals surface area contributed by atoms with Gasteiger partial charge in [-0.3, -0.25) is 9.78 Å². The Hall–Kier alpha value is -3.33. The number of aromatic nitrogens is 5. The van der Waals surface area contributed by atoms with Crippen LogP contribution in [0.3, 0.4) is 0 Å². The van der Waals surface area contributed by atoms with E-state index in [-0.39, 0.29) is 5.91 Å². The highest BCUT2D eigenvalue weighted by Gasteiger charge is 2.08. The van der Waals surface area contributed by atoms with Crippen LogP contribution in [0.5, 0.6) is 0 Å². The van der Waals surface area contributed by atoms with Crippen LogP contribution in [0.4, 0.5) is 5.82 Å². The van der Waals surface area contributed by atoms with Crippen LogP contribution in [0.2, 0.25) is 0 Å². The van der Waals surface area contributed by atoms with Gasteiger partial charge in [-0.15, -0.1) is 10.2 Å². The quantitative estimate of drug-likeness (QED) is 0.607. The summed E-state index contributed by atoms with van der Waals surface area (Å²) in [6.45, 7) is 1.73. The van der Waals surface area contributed by atoms with Crippen LogP contribution in [-0.2, 0) is 17.7 Å². The number of nitrogens with zero attached hydrogens (tertiary/aromatic N) is 5. The Morgan fingerprint density at radius 1 is 1.26 bits per heavy atom. The molecule has 0 spiro atoms. The number of nitrogen functional groups attached to an aromatic ring is 1. The molecule has 0 bridgehead atoms. The number of rotatable bonds is 8. The second-order valence-electron chi connectivity index (χ2n) is 5.85. The minimum Gasteiger partial charge on any atom is -0.383 e. The lowest BCUT2D eigenvalue weighted by molar-refractivity contribution is 0.0954. The molecule has 1 aromatic carbocycles. The van der Waals surface area contributed by atoms with Gasteiger partial charge >= 0.3 is 0 Å². The molecule has 1 amide bonds. The molecule has 0 saturated carbocycles. The monoisotopic (exact) mass is 367 g/mol. The molecule has 0 fully saturated rings. The van der Waals surface area contributed by atoms with E-state index in [1.807, 2.05) is 16.7 Å². The van der Waals surface area contributed by atoms with E-state index in [1.54, 1.807) is 31.8 Å². The maximum atomic E-state index is 12.3. The molecule has 27 heavy (non-hydrogen) atoms. The van der Waals surface area contributed by atoms with Gasteiger partial charge in [-0.25, -0.2) is 4.98 Å². The molecule has 3 aromatic rings. The third-order valence-electron chi connectivity index (χ3n) is 3.96. The smallest absolute Gasteiger partial charge is 0.251 e. The largest absolute Gasteiger partial charge is 0.383 e. The average Bonchev–Trinajstić information content (AvgIpc) is 3.13. The molecule has 3 N–H and O–H groups in total. The normalized spacial score (nSPS) is 10.7. The predicted molar refractivity (Wildman–Crippen MR) is 99.8 cm³/mol. The van der Waals surface area contributed by atoms with Crippen LogP contribution >= 0.6 is 0 Å². The molecule has 0 atom stereocenters. The molecular formula is C18H21N7O2. The number of methoxy groups -OCH3 is 1. The van der Waals surface area contributed by atoms with Crippen LogP contribution in [0.25, 0.3) is 11.3 Å². The van der Waals surface area contributed by atoms with E-state index in [1.165, 1.54) is 6.20 Å². The van der Waals surface area contributed by atoms with Crippen molar-refractivity contribution in [3.63, 3.8) is 0 Å². The molecule has 9 heteroatoms. The molecule has 9 nitrogen and oxygen atoms in total. The van der Waals surface area contributed by atoms with Crippen LogP contribution in [0, 0.1) is 0 Å². The molecule has 0 aliphatic heterocycles. The number of nitrogens with one attached hydrogen (secondary N) is 1. The van der Waals surface area contributed by atoms with E-state index in [9.17, 15) is 4.79 Å². The van der Waals surface area contributed by atoms with Crippen molar-refractivity contribution in [1.82, 2.24) is 30.0 Å². The maximum Gasteiger partial charge on any atom is 0.251 e. The summed E-state index contributed by atoms with van der Waals surface area (Å²) < 4.78 is 6.97. The van der Waals surface area contributed by atoms with Gasteiger partial charge in [0.05, 0.1) is 24.7 Å². The number of hydrogen-bond acceptors (Lipinski definition) is 7. The van der Waals surface area contributed by atoms with Crippen LogP contribution in [0.15, 0.2) is 43.0 Å². The van der Waals surface area contributed by atoms with Gasteiger partial charge in [0.1, 0.15) is 18.0 Å². The van der Waals surface area contributed by atoms with E-state index in [0.717, 1.165) is 11.4 Å². The van der Waals surface area contributed by atoms with Crippen LogP contribution < -0.4 is 11.1 Å². The van der Waals surface area contributed by atoms with Gasteiger partial charge in [-0.2, -0.15) is 0 Å². The summed E-state index contributed by atoms with van der Waals surface area (Å²) in [5, 5.41) is 10.9. The molecule has 2 heterocycles. The standard InChI is InChI=1S/C18H21N7O2/c1-27-9-8-25-12-22-24-17(25)6-7-21-18(26)14-4-2-13(3-5-14)15-10-20-11-16(19)23-15/h2-5,10-12H,6-9H2,1H3,(H2,19,23)(H,21,26). The van der Waals surface area contributed by atoms with Gasteiger partial charge in [0.15, 0.2) is 0 Å². The van der Waals surface area contributed by atoms with Crippen molar-refractivity contribution in [3.8, 4) is 11.3 Å². The minimum atomic E-state index is -0.150. The Balaban J connectivity index is 1.55. The Bertz CT molecular complexity index is 893. The Kier molecular flexibility index (Phi) is 6.06. The van der Waals surface area contributed by atoms with Crippen molar-refractivity contribution in [2.75, 3.05) is 26.0 Å². The SMILES string of the molecule is COCCn1cnnc1CCNC(=O)c1ccc(-c2cncc(N)n2)cc1. The highest BCUT2D eigenvalue weighted by Crippen LogP contribution is 2.17. The summed E-state index contributed by atoms with van der Waals surface area (Å²) in [7, 11) is 1.65. The number of benzene rings is 1. The topological polar surface area (TPSA) is 121 Å². The first-order valence-electron chi connectivity index (χ1n) is 8.49. The summed E-state index contributed by atoms with van der Waals surface area (Å²) in [5.74, 6) is 1.01. The second kappa shape index (κ2) is 8.86. The first-order chi connectivity index (χ1) is 13.2. The van der Waals surface area contributed by atoms with Crippen LogP contribution in [0.1, 0.15) is 16.2 Å². The van der Waals surface area contributed by atoms with Crippen LogP contribution in [-0.4, -0.2) is 50.9 Å². The Labute approximate surface area is 156 Å². The number of hydrogen-bond donors (Lipinski definition) is 2. The number of anilines is 1. The van der Waals surface area contributed by atoms with Crippen molar-refractivity contribution in [2.24, 2.45) is 0 Å². The summed E-state index contributed by atoms with van der Waals surface area (Å²) in [4.78, 5) is 20.5. The minimum absolute atomic E-state index is 0.150. The summed E-state index contributed by atoms with van der Waals surface area (Å²) in [5.41, 5.74) is 7.73. The molecule has 0 saturated heterocycles. The predicted octanol–water partition coefficient (Wildman–Crippen LogP) is 0.936. The molecule has 140 valence electrons. The summed E-state index contributed by atoms with van der Waals surface area (Å²) in [6.07, 6.45) is 5.37. The number of ether oxygens (including phenoxy) is 1. The van der Waals surface area contributed by atoms with Crippen molar-refractivity contribution in [2.45, 2.75) is 13.0 Å². The number of carbonyl (C=O) groups excluding carboxylic acids is 1. The maximum absolute atomic E-state index is 12.3. The lowest BCUT2D eigenvalue weighted by Crippen LogP contribution is -2.26. The van der Waals surface area contributed by atoms with Gasteiger partial charge < -0.3 is 20.4 Å². The fourth-order valence-corrected chi connectivity index (χ4v) is 2.55. The molecule has 0 unspecified atom stereocenters. The van der Waals surface area contributed by atoms with Gasteiger partial charge in [-0.1, -0.05) is 12.1 Å². The number of carbonyl (C=O) groups is 1. The van der Waals surface area contributed by atoms with Gasteiger partial charge in [0, 0.05) is 37.7 Å². The van der Waals surface area contributed by atoms with Crippen molar-refractivity contribution < 1.29 is 9.53 Å². The Morgan fingerprint density at radius 3 is 2.81 bits per heavy atom. The van der Waals surface area contributed by atoms with E-state index in [2.05, 4.69) is 25.5 Å². The van der Waals surface area contributed by atoms with Gasteiger partial charge in [0.25, 0.3) is 5.91 Å². The first-order valence-corrected chi connectivity index (χ1v) is 8.49. The van der Waals surface area contributed by atoms with E-state index in [4.69, 9.17) is 10.5 Å². The highest BCUT2D eigenvalue weighted by atomic mass is 16.5. The average molecular weight is 367 g/mol. The van der Waals surface area contributed by atoms with Crippen molar-refractivity contribution in [1.29, 1.82) is 0 Å². The Morgan fingerprint density at radius 2 is 2.07 bits per heavy atom. The van der Waals surface area contributed by atoms with Gasteiger partial charge in [0.2, 0.25) is 0 Å². The lowest BCUT2D eigenvalue weighted by atomic mass is 10.1. The first kappa shape index (κ1) is 18.5.